The summed E-state index contributed by atoms with van der Waals surface area (Å²) in [5.74, 6) is 0.346. The fraction of sp³-hybridized carbons (Fsp3) is 0.200. The van der Waals surface area contributed by atoms with E-state index in [1.807, 2.05) is 19.1 Å². The van der Waals surface area contributed by atoms with Gasteiger partial charge in [0.25, 0.3) is 0 Å². The van der Waals surface area contributed by atoms with Crippen LogP contribution in [0.15, 0.2) is 54.7 Å². The summed E-state index contributed by atoms with van der Waals surface area (Å²) < 4.78 is 18.7. The van der Waals surface area contributed by atoms with E-state index in [1.165, 1.54) is 12.1 Å². The minimum Gasteiger partial charge on any atom is -0.489 e. The largest absolute Gasteiger partial charge is 0.489 e. The maximum atomic E-state index is 12.9. The maximum Gasteiger partial charge on any atom is 0.321 e. The van der Waals surface area contributed by atoms with Gasteiger partial charge in [0.05, 0.1) is 11.6 Å². The highest BCUT2D eigenvalue weighted by molar-refractivity contribution is 7.11. The third kappa shape index (κ3) is 5.52. The second kappa shape index (κ2) is 8.64. The van der Waals surface area contributed by atoms with Crippen molar-refractivity contribution in [2.75, 3.05) is 12.4 Å². The molecule has 0 bridgehead atoms. The summed E-state index contributed by atoms with van der Waals surface area (Å²) in [6.45, 7) is 2.76. The molecule has 3 aromatic rings. The lowest BCUT2D eigenvalue weighted by Crippen LogP contribution is -2.30. The summed E-state index contributed by atoms with van der Waals surface area (Å²) in [6.07, 6.45) is 1.79. The second-order valence-electron chi connectivity index (χ2n) is 6.07. The number of carbonyl (C=O) groups is 1. The van der Waals surface area contributed by atoms with Crippen LogP contribution in [0, 0.1) is 12.7 Å². The van der Waals surface area contributed by atoms with Crippen LogP contribution >= 0.6 is 11.3 Å². The molecule has 7 heteroatoms. The summed E-state index contributed by atoms with van der Waals surface area (Å²) in [4.78, 5) is 19.2. The molecule has 0 unspecified atom stereocenters. The van der Waals surface area contributed by atoms with Gasteiger partial charge in [0, 0.05) is 29.9 Å². The van der Waals surface area contributed by atoms with Crippen LogP contribution in [-0.2, 0) is 13.2 Å². The van der Waals surface area contributed by atoms with Crippen LogP contribution in [0.4, 0.5) is 14.9 Å². The van der Waals surface area contributed by atoms with Crippen LogP contribution in [0.1, 0.15) is 15.4 Å². The average Bonchev–Trinajstić information content (AvgIpc) is 3.06. The summed E-state index contributed by atoms with van der Waals surface area (Å²) >= 11 is 1.57. The lowest BCUT2D eigenvalue weighted by Gasteiger charge is -2.17. The van der Waals surface area contributed by atoms with E-state index < -0.39 is 0 Å². The van der Waals surface area contributed by atoms with Crippen molar-refractivity contribution in [3.05, 3.63) is 76.0 Å². The molecule has 3 rings (SSSR count). The second-order valence-corrected chi connectivity index (χ2v) is 7.39. The van der Waals surface area contributed by atoms with Crippen LogP contribution in [0.3, 0.4) is 0 Å². The Hall–Kier alpha value is -2.93. The number of amides is 2. The van der Waals surface area contributed by atoms with Gasteiger partial charge in [-0.05, 0) is 36.8 Å². The molecule has 0 fully saturated rings. The average molecular weight is 385 g/mol. The maximum absolute atomic E-state index is 12.9. The van der Waals surface area contributed by atoms with Gasteiger partial charge in [-0.25, -0.2) is 14.2 Å². The van der Waals surface area contributed by atoms with Crippen molar-refractivity contribution in [2.24, 2.45) is 0 Å². The third-order valence-electron chi connectivity index (χ3n) is 3.81. The normalized spacial score (nSPS) is 10.5. The van der Waals surface area contributed by atoms with E-state index in [0.717, 1.165) is 15.4 Å². The van der Waals surface area contributed by atoms with E-state index in [4.69, 9.17) is 4.74 Å². The van der Waals surface area contributed by atoms with E-state index >= 15 is 0 Å². The zero-order valence-electron chi connectivity index (χ0n) is 15.1. The number of nitrogens with one attached hydrogen (secondary N) is 1. The number of nitrogens with zero attached hydrogens (tertiary/aromatic N) is 2. The van der Waals surface area contributed by atoms with Gasteiger partial charge in [0.2, 0.25) is 0 Å². The van der Waals surface area contributed by atoms with Gasteiger partial charge in [0.15, 0.2) is 0 Å². The first-order chi connectivity index (χ1) is 13.0. The Morgan fingerprint density at radius 3 is 2.74 bits per heavy atom. The number of carbonyl (C=O) groups excluding carboxylic acids is 1. The Labute approximate surface area is 161 Å². The molecule has 1 N–H and O–H groups in total. The highest BCUT2D eigenvalue weighted by atomic mass is 32.1. The first kappa shape index (κ1) is 18.8. The van der Waals surface area contributed by atoms with Crippen molar-refractivity contribution in [1.82, 2.24) is 9.88 Å². The van der Waals surface area contributed by atoms with Crippen LogP contribution in [0.5, 0.6) is 5.75 Å². The van der Waals surface area contributed by atoms with Gasteiger partial charge in [-0.2, -0.15) is 0 Å². The van der Waals surface area contributed by atoms with Crippen molar-refractivity contribution in [3.63, 3.8) is 0 Å². The number of aromatic nitrogens is 1. The Balaban J connectivity index is 1.56. The quantitative estimate of drug-likeness (QED) is 0.661. The van der Waals surface area contributed by atoms with Gasteiger partial charge in [-0.1, -0.05) is 18.2 Å². The van der Waals surface area contributed by atoms with E-state index in [1.54, 1.807) is 53.7 Å². The summed E-state index contributed by atoms with van der Waals surface area (Å²) in [7, 11) is 1.74. The Kier molecular flexibility index (Phi) is 6.03. The predicted molar refractivity (Wildman–Crippen MR) is 105 cm³/mol. The number of aryl methyl sites for hydroxylation is 1. The SMILES string of the molecule is Cc1ncc(CN(C)C(=O)Nc2cccc(OCc3ccc(F)cc3)c2)s1. The fourth-order valence-electron chi connectivity index (χ4n) is 2.41. The summed E-state index contributed by atoms with van der Waals surface area (Å²) in [6, 6.07) is 13.1. The molecule has 0 aliphatic rings. The highest BCUT2D eigenvalue weighted by Crippen LogP contribution is 2.20. The molecule has 2 aromatic carbocycles. The van der Waals surface area contributed by atoms with E-state index in [2.05, 4.69) is 10.3 Å². The van der Waals surface area contributed by atoms with Crippen molar-refractivity contribution in [1.29, 1.82) is 0 Å². The topological polar surface area (TPSA) is 54.5 Å². The minimum atomic E-state index is -0.277. The molecule has 0 spiro atoms. The number of halogens is 1. The first-order valence-electron chi connectivity index (χ1n) is 8.40. The molecule has 0 radical (unpaired) electrons. The van der Waals surface area contributed by atoms with Gasteiger partial charge >= 0.3 is 6.03 Å². The molecule has 0 aliphatic heterocycles. The molecular formula is C20H20FN3O2S. The Morgan fingerprint density at radius 1 is 1.26 bits per heavy atom. The van der Waals surface area contributed by atoms with Gasteiger partial charge < -0.3 is 15.0 Å². The van der Waals surface area contributed by atoms with E-state index in [0.29, 0.717) is 24.6 Å². The van der Waals surface area contributed by atoms with Gasteiger partial charge in [-0.3, -0.25) is 0 Å². The molecule has 5 nitrogen and oxygen atoms in total. The molecule has 0 saturated heterocycles. The summed E-state index contributed by atoms with van der Waals surface area (Å²) in [5, 5.41) is 3.83. The number of hydrogen-bond donors (Lipinski definition) is 1. The summed E-state index contributed by atoms with van der Waals surface area (Å²) in [5.41, 5.74) is 1.51. The van der Waals surface area contributed by atoms with Crippen molar-refractivity contribution in [3.8, 4) is 5.75 Å². The van der Waals surface area contributed by atoms with Crippen molar-refractivity contribution >= 4 is 23.1 Å². The molecule has 27 heavy (non-hydrogen) atoms. The Bertz CT molecular complexity index is 912. The standard InChI is InChI=1S/C20H20FN3O2S/c1-14-22-11-19(27-14)12-24(2)20(25)23-17-4-3-5-18(10-17)26-13-15-6-8-16(21)9-7-15/h3-11H,12-13H2,1-2H3,(H,23,25). The molecule has 0 atom stereocenters. The lowest BCUT2D eigenvalue weighted by atomic mass is 10.2. The number of thiazole rings is 1. The predicted octanol–water partition coefficient (Wildman–Crippen LogP) is 4.83. The number of hydrogen-bond acceptors (Lipinski definition) is 4. The molecule has 1 aromatic heterocycles. The number of anilines is 1. The number of benzene rings is 2. The van der Waals surface area contributed by atoms with Crippen molar-refractivity contribution in [2.45, 2.75) is 20.1 Å². The fourth-order valence-corrected chi connectivity index (χ4v) is 3.26. The monoisotopic (exact) mass is 385 g/mol. The lowest BCUT2D eigenvalue weighted by molar-refractivity contribution is 0.221. The number of ether oxygens (including phenoxy) is 1. The molecule has 140 valence electrons. The molecule has 1 heterocycles. The van der Waals surface area contributed by atoms with Crippen LogP contribution in [-0.4, -0.2) is 23.0 Å². The van der Waals surface area contributed by atoms with E-state index in [9.17, 15) is 9.18 Å². The highest BCUT2D eigenvalue weighted by Gasteiger charge is 2.11. The van der Waals surface area contributed by atoms with Crippen molar-refractivity contribution < 1.29 is 13.9 Å². The Morgan fingerprint density at radius 2 is 2.04 bits per heavy atom. The molecular weight excluding hydrogens is 365 g/mol. The van der Waals surface area contributed by atoms with Crippen LogP contribution < -0.4 is 10.1 Å². The zero-order valence-corrected chi connectivity index (χ0v) is 15.9. The van der Waals surface area contributed by atoms with E-state index in [-0.39, 0.29) is 11.8 Å². The third-order valence-corrected chi connectivity index (χ3v) is 4.71. The molecule has 0 aliphatic carbocycles. The minimum absolute atomic E-state index is 0.211. The number of rotatable bonds is 6. The number of urea groups is 1. The first-order valence-corrected chi connectivity index (χ1v) is 9.22. The molecule has 0 saturated carbocycles. The van der Waals surface area contributed by atoms with Crippen LogP contribution in [0.2, 0.25) is 0 Å². The van der Waals surface area contributed by atoms with Gasteiger partial charge in [-0.15, -0.1) is 11.3 Å². The zero-order chi connectivity index (χ0) is 19.2. The molecule has 2 amide bonds. The van der Waals surface area contributed by atoms with Crippen LogP contribution in [0.25, 0.3) is 0 Å². The van der Waals surface area contributed by atoms with Gasteiger partial charge in [0.1, 0.15) is 18.2 Å². The smallest absolute Gasteiger partial charge is 0.321 e.